The first-order valence-electron chi connectivity index (χ1n) is 5.67. The summed E-state index contributed by atoms with van der Waals surface area (Å²) < 4.78 is 0. The standard InChI is InChI=1S/C13H17NO2/c1-13(7-4-8-13)14-9-10-5-2-3-6-11(10)12(15)16/h2-3,5-6,14H,4,7-9H2,1H3,(H,15,16). The second-order valence-corrected chi connectivity index (χ2v) is 4.73. The number of hydrogen-bond donors (Lipinski definition) is 2. The SMILES string of the molecule is CC1(NCc2ccccc2C(=O)O)CCC1. The maximum Gasteiger partial charge on any atom is 0.336 e. The summed E-state index contributed by atoms with van der Waals surface area (Å²) >= 11 is 0. The summed E-state index contributed by atoms with van der Waals surface area (Å²) in [5.74, 6) is -0.851. The normalized spacial score (nSPS) is 17.8. The Balaban J connectivity index is 2.06. The number of aromatic carboxylic acids is 1. The smallest absolute Gasteiger partial charge is 0.336 e. The topological polar surface area (TPSA) is 49.3 Å². The lowest BCUT2D eigenvalue weighted by Gasteiger charge is -2.39. The Hall–Kier alpha value is -1.35. The molecule has 16 heavy (non-hydrogen) atoms. The Labute approximate surface area is 95.5 Å². The Morgan fingerprint density at radius 3 is 2.69 bits per heavy atom. The van der Waals surface area contributed by atoms with E-state index in [9.17, 15) is 4.79 Å². The van der Waals surface area contributed by atoms with E-state index in [1.807, 2.05) is 12.1 Å². The average Bonchev–Trinajstić information content (AvgIpc) is 2.24. The fourth-order valence-electron chi connectivity index (χ4n) is 2.08. The van der Waals surface area contributed by atoms with E-state index in [4.69, 9.17) is 5.11 Å². The van der Waals surface area contributed by atoms with Crippen LogP contribution in [0.5, 0.6) is 0 Å². The van der Waals surface area contributed by atoms with E-state index in [1.165, 1.54) is 19.3 Å². The minimum atomic E-state index is -0.851. The van der Waals surface area contributed by atoms with Crippen molar-refractivity contribution in [1.82, 2.24) is 5.32 Å². The molecule has 0 aromatic heterocycles. The quantitative estimate of drug-likeness (QED) is 0.817. The van der Waals surface area contributed by atoms with Gasteiger partial charge in [0.1, 0.15) is 0 Å². The highest BCUT2D eigenvalue weighted by Gasteiger charge is 2.30. The van der Waals surface area contributed by atoms with Gasteiger partial charge in [-0.25, -0.2) is 4.79 Å². The summed E-state index contributed by atoms with van der Waals surface area (Å²) in [4.78, 5) is 11.0. The largest absolute Gasteiger partial charge is 0.478 e. The molecule has 0 bridgehead atoms. The van der Waals surface area contributed by atoms with Crippen LogP contribution in [0.25, 0.3) is 0 Å². The molecule has 1 saturated carbocycles. The third-order valence-electron chi connectivity index (χ3n) is 3.41. The molecular weight excluding hydrogens is 202 g/mol. The lowest BCUT2D eigenvalue weighted by Crippen LogP contribution is -2.47. The summed E-state index contributed by atoms with van der Waals surface area (Å²) in [5, 5.41) is 12.5. The van der Waals surface area contributed by atoms with Crippen molar-refractivity contribution in [3.8, 4) is 0 Å². The Morgan fingerprint density at radius 1 is 1.44 bits per heavy atom. The van der Waals surface area contributed by atoms with Crippen LogP contribution in [0.1, 0.15) is 42.1 Å². The van der Waals surface area contributed by atoms with Crippen LogP contribution >= 0.6 is 0 Å². The molecule has 1 aliphatic rings. The molecule has 1 fully saturated rings. The van der Waals surface area contributed by atoms with E-state index < -0.39 is 5.97 Å². The third kappa shape index (κ3) is 2.25. The van der Waals surface area contributed by atoms with E-state index in [0.29, 0.717) is 12.1 Å². The lowest BCUT2D eigenvalue weighted by molar-refractivity contribution is 0.0695. The van der Waals surface area contributed by atoms with Crippen LogP contribution in [-0.2, 0) is 6.54 Å². The van der Waals surface area contributed by atoms with Crippen LogP contribution in [0.3, 0.4) is 0 Å². The zero-order chi connectivity index (χ0) is 11.6. The number of nitrogens with one attached hydrogen (secondary N) is 1. The van der Waals surface area contributed by atoms with Gasteiger partial charge in [0.15, 0.2) is 0 Å². The zero-order valence-electron chi connectivity index (χ0n) is 9.49. The van der Waals surface area contributed by atoms with Gasteiger partial charge in [-0.3, -0.25) is 0 Å². The molecule has 3 heteroatoms. The molecule has 86 valence electrons. The van der Waals surface area contributed by atoms with Gasteiger partial charge in [-0.05, 0) is 37.8 Å². The van der Waals surface area contributed by atoms with Crippen molar-refractivity contribution in [3.63, 3.8) is 0 Å². The number of rotatable bonds is 4. The van der Waals surface area contributed by atoms with Crippen molar-refractivity contribution >= 4 is 5.97 Å². The monoisotopic (exact) mass is 219 g/mol. The summed E-state index contributed by atoms with van der Waals surface area (Å²) in [7, 11) is 0. The molecule has 0 aliphatic heterocycles. The molecule has 3 nitrogen and oxygen atoms in total. The van der Waals surface area contributed by atoms with Crippen LogP contribution in [-0.4, -0.2) is 16.6 Å². The van der Waals surface area contributed by atoms with Gasteiger partial charge < -0.3 is 10.4 Å². The highest BCUT2D eigenvalue weighted by molar-refractivity contribution is 5.89. The predicted molar refractivity (Wildman–Crippen MR) is 62.5 cm³/mol. The van der Waals surface area contributed by atoms with Crippen molar-refractivity contribution in [2.75, 3.05) is 0 Å². The number of carbonyl (C=O) groups is 1. The fourth-order valence-corrected chi connectivity index (χ4v) is 2.08. The first-order valence-corrected chi connectivity index (χ1v) is 5.67. The second kappa shape index (κ2) is 4.26. The molecule has 0 spiro atoms. The minimum Gasteiger partial charge on any atom is -0.478 e. The zero-order valence-corrected chi connectivity index (χ0v) is 9.49. The molecule has 0 amide bonds. The van der Waals surface area contributed by atoms with Crippen molar-refractivity contribution in [2.45, 2.75) is 38.3 Å². The van der Waals surface area contributed by atoms with Gasteiger partial charge in [-0.15, -0.1) is 0 Å². The van der Waals surface area contributed by atoms with Crippen molar-refractivity contribution in [3.05, 3.63) is 35.4 Å². The molecule has 0 heterocycles. The summed E-state index contributed by atoms with van der Waals surface area (Å²) in [5.41, 5.74) is 1.48. The average molecular weight is 219 g/mol. The number of hydrogen-bond acceptors (Lipinski definition) is 2. The minimum absolute atomic E-state index is 0.214. The Morgan fingerprint density at radius 2 is 2.12 bits per heavy atom. The van der Waals surface area contributed by atoms with Crippen LogP contribution in [0.4, 0.5) is 0 Å². The second-order valence-electron chi connectivity index (χ2n) is 4.73. The number of carboxylic acids is 1. The van der Waals surface area contributed by atoms with E-state index in [2.05, 4.69) is 12.2 Å². The summed E-state index contributed by atoms with van der Waals surface area (Å²) in [6.45, 7) is 2.83. The summed E-state index contributed by atoms with van der Waals surface area (Å²) in [6.07, 6.45) is 3.63. The number of carboxylic acid groups (broad SMARTS) is 1. The van der Waals surface area contributed by atoms with Gasteiger partial charge in [0.2, 0.25) is 0 Å². The van der Waals surface area contributed by atoms with Gasteiger partial charge >= 0.3 is 5.97 Å². The van der Waals surface area contributed by atoms with Crippen LogP contribution in [0, 0.1) is 0 Å². The molecule has 1 aromatic carbocycles. The first-order chi connectivity index (χ1) is 7.61. The van der Waals surface area contributed by atoms with Gasteiger partial charge in [-0.1, -0.05) is 18.2 Å². The summed E-state index contributed by atoms with van der Waals surface area (Å²) in [6, 6.07) is 7.17. The first kappa shape index (κ1) is 11.1. The molecule has 0 saturated heterocycles. The van der Waals surface area contributed by atoms with Gasteiger partial charge in [0, 0.05) is 12.1 Å². The van der Waals surface area contributed by atoms with E-state index in [1.54, 1.807) is 12.1 Å². The van der Waals surface area contributed by atoms with Gasteiger partial charge in [0.25, 0.3) is 0 Å². The molecular formula is C13H17NO2. The molecule has 1 aliphatic carbocycles. The maximum absolute atomic E-state index is 11.0. The maximum atomic E-state index is 11.0. The number of benzene rings is 1. The van der Waals surface area contributed by atoms with Crippen molar-refractivity contribution < 1.29 is 9.90 Å². The highest BCUT2D eigenvalue weighted by atomic mass is 16.4. The fraction of sp³-hybridized carbons (Fsp3) is 0.462. The van der Waals surface area contributed by atoms with Crippen molar-refractivity contribution in [1.29, 1.82) is 0 Å². The van der Waals surface area contributed by atoms with Gasteiger partial charge in [0.05, 0.1) is 5.56 Å². The van der Waals surface area contributed by atoms with Crippen molar-refractivity contribution in [2.24, 2.45) is 0 Å². The van der Waals surface area contributed by atoms with Gasteiger partial charge in [-0.2, -0.15) is 0 Å². The molecule has 2 rings (SSSR count). The van der Waals surface area contributed by atoms with E-state index in [0.717, 1.165) is 5.56 Å². The predicted octanol–water partition coefficient (Wildman–Crippen LogP) is 2.42. The van der Waals surface area contributed by atoms with Crippen LogP contribution in [0.2, 0.25) is 0 Å². The highest BCUT2D eigenvalue weighted by Crippen LogP contribution is 2.31. The lowest BCUT2D eigenvalue weighted by atomic mass is 9.78. The molecule has 0 unspecified atom stereocenters. The molecule has 0 atom stereocenters. The molecule has 2 N–H and O–H groups in total. The third-order valence-corrected chi connectivity index (χ3v) is 3.41. The Kier molecular flexibility index (Phi) is 2.97. The van der Waals surface area contributed by atoms with Crippen LogP contribution < -0.4 is 5.32 Å². The Bertz CT molecular complexity index is 397. The molecule has 0 radical (unpaired) electrons. The van der Waals surface area contributed by atoms with E-state index >= 15 is 0 Å². The molecule has 1 aromatic rings. The van der Waals surface area contributed by atoms with E-state index in [-0.39, 0.29) is 5.54 Å². The van der Waals surface area contributed by atoms with Crippen LogP contribution in [0.15, 0.2) is 24.3 Å².